The molecule has 3 aliphatic rings. The van der Waals surface area contributed by atoms with Crippen molar-refractivity contribution < 1.29 is 19.5 Å². The fourth-order valence-electron chi connectivity index (χ4n) is 5.81. The summed E-state index contributed by atoms with van der Waals surface area (Å²) in [5, 5.41) is 13.2. The average Bonchev–Trinajstić information content (AvgIpc) is 3.22. The number of para-hydroxylation sites is 1. The summed E-state index contributed by atoms with van der Waals surface area (Å²) in [5.74, 6) is -0.772. The zero-order valence-corrected chi connectivity index (χ0v) is 18.3. The number of fused-ring (bicyclic) bond motifs is 6. The van der Waals surface area contributed by atoms with Crippen LogP contribution in [0, 0.1) is 5.41 Å². The van der Waals surface area contributed by atoms with E-state index in [2.05, 4.69) is 11.9 Å². The molecule has 3 aliphatic heterocycles. The molecule has 1 fully saturated rings. The van der Waals surface area contributed by atoms with Gasteiger partial charge >= 0.3 is 0 Å². The number of rotatable bonds is 2. The molecule has 0 aliphatic carbocycles. The summed E-state index contributed by atoms with van der Waals surface area (Å²) in [7, 11) is 0. The number of allylic oxidation sites excluding steroid dienone is 1. The molecule has 164 valence electrons. The number of phenolic OH excluding ortho intramolecular Hbond substituents is 1. The Bertz CT molecular complexity index is 1200. The van der Waals surface area contributed by atoms with Crippen LogP contribution in [0.25, 0.3) is 0 Å². The Morgan fingerprint density at radius 1 is 1.25 bits per heavy atom. The van der Waals surface area contributed by atoms with Crippen LogP contribution in [-0.4, -0.2) is 39.9 Å². The van der Waals surface area contributed by atoms with Gasteiger partial charge in [0.1, 0.15) is 18.0 Å². The van der Waals surface area contributed by atoms with Gasteiger partial charge in [-0.1, -0.05) is 32.1 Å². The summed E-state index contributed by atoms with van der Waals surface area (Å²) in [6, 6.07) is 11.0. The van der Waals surface area contributed by atoms with E-state index in [9.17, 15) is 19.5 Å². The summed E-state index contributed by atoms with van der Waals surface area (Å²) >= 11 is 0. The maximum Gasteiger partial charge on any atom is 0.258 e. The van der Waals surface area contributed by atoms with Crippen LogP contribution < -0.4 is 10.2 Å². The molecule has 0 bridgehead atoms. The molecule has 1 saturated heterocycles. The van der Waals surface area contributed by atoms with E-state index in [-0.39, 0.29) is 23.5 Å². The first-order chi connectivity index (χ1) is 15.1. The van der Waals surface area contributed by atoms with E-state index in [0.717, 1.165) is 5.56 Å². The summed E-state index contributed by atoms with van der Waals surface area (Å²) in [4.78, 5) is 43.4. The molecule has 3 atom stereocenters. The van der Waals surface area contributed by atoms with Crippen LogP contribution in [0.1, 0.15) is 43.1 Å². The predicted octanol–water partition coefficient (Wildman–Crippen LogP) is 3.40. The van der Waals surface area contributed by atoms with Crippen molar-refractivity contribution in [3.8, 4) is 5.75 Å². The van der Waals surface area contributed by atoms with Gasteiger partial charge in [-0.05, 0) is 47.7 Å². The van der Waals surface area contributed by atoms with Gasteiger partial charge in [0.05, 0.1) is 16.9 Å². The van der Waals surface area contributed by atoms with E-state index in [4.69, 9.17) is 0 Å². The lowest BCUT2D eigenvalue weighted by Crippen LogP contribution is -2.58. The number of carbonyl (C=O) groups is 3. The third-order valence-electron chi connectivity index (χ3n) is 7.47. The average molecular weight is 431 g/mol. The van der Waals surface area contributed by atoms with Gasteiger partial charge in [-0.15, -0.1) is 6.58 Å². The van der Waals surface area contributed by atoms with Gasteiger partial charge in [0.2, 0.25) is 11.8 Å². The van der Waals surface area contributed by atoms with Crippen molar-refractivity contribution in [1.82, 2.24) is 4.90 Å². The van der Waals surface area contributed by atoms with Crippen LogP contribution in [0.4, 0.5) is 11.4 Å². The molecule has 7 nitrogen and oxygen atoms in total. The van der Waals surface area contributed by atoms with Gasteiger partial charge in [0, 0.05) is 12.3 Å². The van der Waals surface area contributed by atoms with Gasteiger partial charge in [-0.25, -0.2) is 0 Å². The molecular weight excluding hydrogens is 406 g/mol. The zero-order chi connectivity index (χ0) is 23.0. The first-order valence-corrected chi connectivity index (χ1v) is 10.6. The van der Waals surface area contributed by atoms with Crippen LogP contribution >= 0.6 is 0 Å². The Balaban J connectivity index is 1.83. The van der Waals surface area contributed by atoms with Crippen LogP contribution in [0.15, 0.2) is 55.1 Å². The monoisotopic (exact) mass is 431 g/mol. The lowest BCUT2D eigenvalue weighted by Gasteiger charge is -2.45. The standard InChI is InChI=1S/C25H25N3O4/c1-5-24(3,4)25-13-20-21(31)26-18-9-7-6-8-16(18)22(32)28(20)23(25)27(14(2)29)19-11-10-15(30)12-17(19)25/h5-12,20,23,30H,1,13H2,2-4H3,(H,26,31)/t20-,23-,25+/m1/s1. The van der Waals surface area contributed by atoms with E-state index >= 15 is 0 Å². The summed E-state index contributed by atoms with van der Waals surface area (Å²) in [6.07, 6.45) is 1.36. The van der Waals surface area contributed by atoms with E-state index < -0.39 is 23.0 Å². The minimum absolute atomic E-state index is 0.0651. The Labute approximate surface area is 186 Å². The van der Waals surface area contributed by atoms with Crippen molar-refractivity contribution in [2.45, 2.75) is 44.8 Å². The number of nitrogens with one attached hydrogen (secondary N) is 1. The number of anilines is 2. The second-order valence-corrected chi connectivity index (χ2v) is 9.33. The van der Waals surface area contributed by atoms with Gasteiger partial charge in [0.15, 0.2) is 0 Å². The Hall–Kier alpha value is -3.61. The molecule has 5 rings (SSSR count). The number of nitrogens with zero attached hydrogens (tertiary/aromatic N) is 2. The molecule has 2 aromatic rings. The molecule has 7 heteroatoms. The number of aromatic hydroxyl groups is 1. The van der Waals surface area contributed by atoms with E-state index in [1.165, 1.54) is 13.0 Å². The molecule has 2 aromatic carbocycles. The lowest BCUT2D eigenvalue weighted by molar-refractivity contribution is -0.121. The van der Waals surface area contributed by atoms with Gasteiger partial charge < -0.3 is 15.3 Å². The number of benzene rings is 2. The van der Waals surface area contributed by atoms with Crippen molar-refractivity contribution >= 4 is 29.1 Å². The van der Waals surface area contributed by atoms with Crippen molar-refractivity contribution in [2.75, 3.05) is 10.2 Å². The molecular formula is C25H25N3O4. The number of phenols is 1. The predicted molar refractivity (Wildman–Crippen MR) is 120 cm³/mol. The molecule has 0 spiro atoms. The minimum atomic E-state index is -0.835. The fraction of sp³-hybridized carbons (Fsp3) is 0.320. The molecule has 3 amide bonds. The summed E-state index contributed by atoms with van der Waals surface area (Å²) in [5.41, 5.74) is 0.782. The zero-order valence-electron chi connectivity index (χ0n) is 18.3. The number of carbonyl (C=O) groups excluding carboxylic acids is 3. The number of hydrogen-bond donors (Lipinski definition) is 2. The minimum Gasteiger partial charge on any atom is -0.508 e. The first-order valence-electron chi connectivity index (χ1n) is 10.6. The highest BCUT2D eigenvalue weighted by Crippen LogP contribution is 2.63. The third-order valence-corrected chi connectivity index (χ3v) is 7.47. The SMILES string of the molecule is C=CC(C)(C)[C@]12C[C@@H]3C(=O)Nc4ccccc4C(=O)N3[C@H]1N(C(C)=O)c1ccc(O)cc12. The summed E-state index contributed by atoms with van der Waals surface area (Å²) < 4.78 is 0. The Morgan fingerprint density at radius 3 is 2.66 bits per heavy atom. The molecule has 0 radical (unpaired) electrons. The summed E-state index contributed by atoms with van der Waals surface area (Å²) in [6.45, 7) is 9.48. The number of hydrogen-bond acceptors (Lipinski definition) is 4. The van der Waals surface area contributed by atoms with E-state index in [0.29, 0.717) is 23.4 Å². The normalized spacial score (nSPS) is 26.0. The van der Waals surface area contributed by atoms with Gasteiger partial charge in [0.25, 0.3) is 5.91 Å². The number of amides is 3. The highest BCUT2D eigenvalue weighted by Gasteiger charge is 2.69. The van der Waals surface area contributed by atoms with Crippen molar-refractivity contribution in [1.29, 1.82) is 0 Å². The second-order valence-electron chi connectivity index (χ2n) is 9.33. The van der Waals surface area contributed by atoms with Crippen LogP contribution in [0.3, 0.4) is 0 Å². The quantitative estimate of drug-likeness (QED) is 0.713. The maximum atomic E-state index is 13.9. The first kappa shape index (κ1) is 20.3. The van der Waals surface area contributed by atoms with Crippen LogP contribution in [0.5, 0.6) is 5.75 Å². The van der Waals surface area contributed by atoms with Crippen molar-refractivity contribution in [3.63, 3.8) is 0 Å². The third kappa shape index (κ3) is 2.33. The van der Waals surface area contributed by atoms with Gasteiger partial charge in [-0.2, -0.15) is 0 Å². The largest absolute Gasteiger partial charge is 0.508 e. The van der Waals surface area contributed by atoms with Crippen LogP contribution in [0.2, 0.25) is 0 Å². The van der Waals surface area contributed by atoms with Crippen LogP contribution in [-0.2, 0) is 15.0 Å². The second kappa shape index (κ2) is 6.45. The lowest BCUT2D eigenvalue weighted by atomic mass is 9.60. The van der Waals surface area contributed by atoms with Crippen molar-refractivity contribution in [3.05, 3.63) is 66.2 Å². The maximum absolute atomic E-state index is 13.9. The molecule has 0 saturated carbocycles. The smallest absolute Gasteiger partial charge is 0.258 e. The van der Waals surface area contributed by atoms with E-state index in [1.54, 1.807) is 52.3 Å². The van der Waals surface area contributed by atoms with Gasteiger partial charge in [-0.3, -0.25) is 19.3 Å². The Kier molecular flexibility index (Phi) is 4.09. The van der Waals surface area contributed by atoms with Crippen molar-refractivity contribution in [2.24, 2.45) is 5.41 Å². The Morgan fingerprint density at radius 2 is 1.97 bits per heavy atom. The topological polar surface area (TPSA) is 90.0 Å². The molecule has 2 N–H and O–H groups in total. The molecule has 32 heavy (non-hydrogen) atoms. The van der Waals surface area contributed by atoms with E-state index in [1.807, 2.05) is 13.8 Å². The highest BCUT2D eigenvalue weighted by atomic mass is 16.3. The molecule has 3 heterocycles. The molecule has 0 unspecified atom stereocenters. The molecule has 0 aromatic heterocycles. The fourth-order valence-corrected chi connectivity index (χ4v) is 5.81. The highest BCUT2D eigenvalue weighted by molar-refractivity contribution is 6.11.